The van der Waals surface area contributed by atoms with Crippen molar-refractivity contribution < 1.29 is 9.90 Å². The van der Waals surface area contributed by atoms with Crippen LogP contribution in [0.1, 0.15) is 57.6 Å². The molecule has 0 heterocycles. The average molecular weight is 277 g/mol. The highest BCUT2D eigenvalue weighted by Gasteiger charge is 2.17. The van der Waals surface area contributed by atoms with Gasteiger partial charge in [0.25, 0.3) is 0 Å². The summed E-state index contributed by atoms with van der Waals surface area (Å²) in [6.07, 6.45) is 6.01. The molecule has 0 aromatic heterocycles. The molecule has 1 rings (SSSR count). The van der Waals surface area contributed by atoms with Gasteiger partial charge in [0.1, 0.15) is 6.04 Å². The Morgan fingerprint density at radius 3 is 2.35 bits per heavy atom. The molecule has 1 atom stereocenters. The molecule has 20 heavy (non-hydrogen) atoms. The van der Waals surface area contributed by atoms with Crippen LogP contribution in [0.2, 0.25) is 0 Å². The Balaban J connectivity index is 2.23. The zero-order valence-corrected chi connectivity index (χ0v) is 12.6. The summed E-state index contributed by atoms with van der Waals surface area (Å²) in [6.45, 7) is 5.26. The van der Waals surface area contributed by atoms with E-state index in [9.17, 15) is 9.90 Å². The first-order valence-electron chi connectivity index (χ1n) is 7.62. The van der Waals surface area contributed by atoms with Crippen LogP contribution in [0, 0.1) is 5.92 Å². The van der Waals surface area contributed by atoms with Crippen molar-refractivity contribution >= 4 is 5.97 Å². The Kier molecular flexibility index (Phi) is 7.97. The fraction of sp³-hybridized carbons (Fsp3) is 0.588. The molecular formula is C17H27NO2. The fourth-order valence-electron chi connectivity index (χ4n) is 2.27. The molecule has 0 saturated heterocycles. The van der Waals surface area contributed by atoms with Crippen molar-refractivity contribution in [2.24, 2.45) is 5.92 Å². The first-order chi connectivity index (χ1) is 9.61. The summed E-state index contributed by atoms with van der Waals surface area (Å²) in [5.41, 5.74) is 0.819. The number of hydrogen-bond donors (Lipinski definition) is 2. The molecule has 0 aliphatic rings. The van der Waals surface area contributed by atoms with Gasteiger partial charge in [-0.25, -0.2) is 0 Å². The maximum Gasteiger partial charge on any atom is 0.325 e. The maximum atomic E-state index is 11.3. The fourth-order valence-corrected chi connectivity index (χ4v) is 2.27. The van der Waals surface area contributed by atoms with Crippen molar-refractivity contribution in [3.8, 4) is 0 Å². The molecule has 0 amide bonds. The number of nitrogens with one attached hydrogen (secondary N) is 1. The standard InChI is InChI=1S/C17H27NO2/c1-14(2)10-6-3-4-9-13-18-16(17(19)20)15-11-7-5-8-12-15/h5,7-8,11-12,14,16,18H,3-4,6,9-10,13H2,1-2H3,(H,19,20). The van der Waals surface area contributed by atoms with Gasteiger partial charge < -0.3 is 10.4 Å². The van der Waals surface area contributed by atoms with E-state index in [1.807, 2.05) is 30.3 Å². The Labute approximate surface area is 122 Å². The molecule has 0 fully saturated rings. The Morgan fingerprint density at radius 1 is 1.10 bits per heavy atom. The molecule has 0 bridgehead atoms. The van der Waals surface area contributed by atoms with Gasteiger partial charge in [0.2, 0.25) is 0 Å². The number of carboxylic acid groups (broad SMARTS) is 1. The molecule has 1 aromatic carbocycles. The molecule has 3 nitrogen and oxygen atoms in total. The van der Waals surface area contributed by atoms with Gasteiger partial charge >= 0.3 is 5.97 Å². The Bertz CT molecular complexity index is 376. The van der Waals surface area contributed by atoms with Gasteiger partial charge in [-0.2, -0.15) is 0 Å². The first kappa shape index (κ1) is 16.7. The van der Waals surface area contributed by atoms with Crippen LogP contribution in [-0.4, -0.2) is 17.6 Å². The molecular weight excluding hydrogens is 250 g/mol. The van der Waals surface area contributed by atoms with Crippen LogP contribution in [-0.2, 0) is 4.79 Å². The van der Waals surface area contributed by atoms with Crippen LogP contribution in [0.15, 0.2) is 30.3 Å². The van der Waals surface area contributed by atoms with Gasteiger partial charge in [0, 0.05) is 0 Å². The van der Waals surface area contributed by atoms with Gasteiger partial charge in [-0.05, 0) is 24.4 Å². The van der Waals surface area contributed by atoms with Crippen LogP contribution in [0.5, 0.6) is 0 Å². The van der Waals surface area contributed by atoms with E-state index in [2.05, 4.69) is 19.2 Å². The highest BCUT2D eigenvalue weighted by atomic mass is 16.4. The van der Waals surface area contributed by atoms with Gasteiger partial charge in [0.15, 0.2) is 0 Å². The minimum absolute atomic E-state index is 0.591. The monoisotopic (exact) mass is 277 g/mol. The van der Waals surface area contributed by atoms with Gasteiger partial charge in [-0.15, -0.1) is 0 Å². The van der Waals surface area contributed by atoms with Crippen molar-refractivity contribution in [3.63, 3.8) is 0 Å². The zero-order valence-electron chi connectivity index (χ0n) is 12.6. The number of carboxylic acids is 1. The smallest absolute Gasteiger partial charge is 0.325 e. The maximum absolute atomic E-state index is 11.3. The lowest BCUT2D eigenvalue weighted by molar-refractivity contribution is -0.139. The zero-order chi connectivity index (χ0) is 14.8. The number of unbranched alkanes of at least 4 members (excludes halogenated alkanes) is 3. The second kappa shape index (κ2) is 9.54. The second-order valence-corrected chi connectivity index (χ2v) is 5.73. The van der Waals surface area contributed by atoms with Crippen LogP contribution in [0.4, 0.5) is 0 Å². The van der Waals surface area contributed by atoms with Crippen LogP contribution in [0.3, 0.4) is 0 Å². The molecule has 3 heteroatoms. The van der Waals surface area contributed by atoms with E-state index in [0.29, 0.717) is 0 Å². The molecule has 2 N–H and O–H groups in total. The minimum atomic E-state index is -0.809. The summed E-state index contributed by atoms with van der Waals surface area (Å²) in [6, 6.07) is 8.77. The third-order valence-corrected chi connectivity index (χ3v) is 3.44. The number of hydrogen-bond acceptors (Lipinski definition) is 2. The van der Waals surface area contributed by atoms with Crippen LogP contribution < -0.4 is 5.32 Å². The van der Waals surface area contributed by atoms with Crippen LogP contribution >= 0.6 is 0 Å². The summed E-state index contributed by atoms with van der Waals surface area (Å²) in [5, 5.41) is 12.4. The predicted octanol–water partition coefficient (Wildman–Crippen LogP) is 4.01. The number of carbonyl (C=O) groups is 1. The highest BCUT2D eigenvalue weighted by Crippen LogP contribution is 2.13. The number of benzene rings is 1. The van der Waals surface area contributed by atoms with E-state index >= 15 is 0 Å². The van der Waals surface area contributed by atoms with Crippen molar-refractivity contribution in [3.05, 3.63) is 35.9 Å². The molecule has 0 aliphatic heterocycles. The van der Waals surface area contributed by atoms with E-state index in [1.165, 1.54) is 25.7 Å². The Hall–Kier alpha value is -1.35. The summed E-state index contributed by atoms with van der Waals surface area (Å²) in [5.74, 6) is -0.0291. The van der Waals surface area contributed by atoms with Crippen molar-refractivity contribution in [2.75, 3.05) is 6.54 Å². The van der Waals surface area contributed by atoms with E-state index in [-0.39, 0.29) is 0 Å². The van der Waals surface area contributed by atoms with E-state index < -0.39 is 12.0 Å². The molecule has 0 saturated carbocycles. The lowest BCUT2D eigenvalue weighted by atomic mass is 10.0. The predicted molar refractivity (Wildman–Crippen MR) is 82.7 cm³/mol. The largest absolute Gasteiger partial charge is 0.480 e. The van der Waals surface area contributed by atoms with Gasteiger partial charge in [0.05, 0.1) is 0 Å². The quantitative estimate of drug-likeness (QED) is 0.635. The number of aliphatic carboxylic acids is 1. The van der Waals surface area contributed by atoms with Crippen LogP contribution in [0.25, 0.3) is 0 Å². The molecule has 112 valence electrons. The minimum Gasteiger partial charge on any atom is -0.480 e. The number of rotatable bonds is 10. The Morgan fingerprint density at radius 2 is 1.75 bits per heavy atom. The lowest BCUT2D eigenvalue weighted by Crippen LogP contribution is -2.29. The molecule has 0 radical (unpaired) electrons. The summed E-state index contributed by atoms with van der Waals surface area (Å²) in [4.78, 5) is 11.3. The van der Waals surface area contributed by atoms with E-state index in [0.717, 1.165) is 24.4 Å². The molecule has 0 spiro atoms. The molecule has 0 aliphatic carbocycles. The molecule has 1 aromatic rings. The van der Waals surface area contributed by atoms with Crippen molar-refractivity contribution in [1.82, 2.24) is 5.32 Å². The van der Waals surface area contributed by atoms with Gasteiger partial charge in [-0.3, -0.25) is 4.79 Å². The van der Waals surface area contributed by atoms with E-state index in [4.69, 9.17) is 0 Å². The normalized spacial score (nSPS) is 12.6. The van der Waals surface area contributed by atoms with Crippen molar-refractivity contribution in [2.45, 2.75) is 52.0 Å². The summed E-state index contributed by atoms with van der Waals surface area (Å²) < 4.78 is 0. The van der Waals surface area contributed by atoms with E-state index in [1.54, 1.807) is 0 Å². The van der Waals surface area contributed by atoms with Crippen molar-refractivity contribution in [1.29, 1.82) is 0 Å². The lowest BCUT2D eigenvalue weighted by Gasteiger charge is -2.14. The second-order valence-electron chi connectivity index (χ2n) is 5.73. The summed E-state index contributed by atoms with van der Waals surface area (Å²) in [7, 11) is 0. The molecule has 1 unspecified atom stereocenters. The topological polar surface area (TPSA) is 49.3 Å². The first-order valence-corrected chi connectivity index (χ1v) is 7.62. The third kappa shape index (κ3) is 6.71. The van der Waals surface area contributed by atoms with Gasteiger partial charge in [-0.1, -0.05) is 69.9 Å². The SMILES string of the molecule is CC(C)CCCCCCNC(C(=O)O)c1ccccc1. The highest BCUT2D eigenvalue weighted by molar-refractivity contribution is 5.75. The summed E-state index contributed by atoms with van der Waals surface area (Å²) >= 11 is 0. The third-order valence-electron chi connectivity index (χ3n) is 3.44. The average Bonchev–Trinajstić information content (AvgIpc) is 2.42.